The van der Waals surface area contributed by atoms with Crippen LogP contribution in [0.15, 0.2) is 24.3 Å². The van der Waals surface area contributed by atoms with E-state index < -0.39 is 15.4 Å². The Balaban J connectivity index is 2.20. The van der Waals surface area contributed by atoms with Crippen LogP contribution in [0.5, 0.6) is 0 Å². The van der Waals surface area contributed by atoms with Crippen molar-refractivity contribution in [1.82, 2.24) is 0 Å². The molecule has 1 aromatic rings. The lowest BCUT2D eigenvalue weighted by atomic mass is 9.95. The number of hydrogen-bond acceptors (Lipinski definition) is 4. The van der Waals surface area contributed by atoms with Crippen molar-refractivity contribution in [3.05, 3.63) is 30.1 Å². The van der Waals surface area contributed by atoms with Crippen molar-refractivity contribution in [2.45, 2.75) is 18.4 Å². The lowest BCUT2D eigenvalue weighted by molar-refractivity contribution is 0.450. The molecule has 6 heteroatoms. The Labute approximate surface area is 106 Å². The van der Waals surface area contributed by atoms with Crippen LogP contribution in [0.1, 0.15) is 12.8 Å². The summed E-state index contributed by atoms with van der Waals surface area (Å²) in [5.41, 5.74) is 5.80. The quantitative estimate of drug-likeness (QED) is 0.865. The van der Waals surface area contributed by atoms with E-state index >= 15 is 0 Å². The van der Waals surface area contributed by atoms with Crippen LogP contribution in [0.3, 0.4) is 0 Å². The molecule has 100 valence electrons. The van der Waals surface area contributed by atoms with Crippen molar-refractivity contribution < 1.29 is 12.8 Å². The van der Waals surface area contributed by atoms with Crippen molar-refractivity contribution >= 4 is 15.5 Å². The summed E-state index contributed by atoms with van der Waals surface area (Å²) in [7, 11) is -3.05. The number of anilines is 1. The molecule has 1 heterocycles. The van der Waals surface area contributed by atoms with Gasteiger partial charge in [0.25, 0.3) is 0 Å². The zero-order chi connectivity index (χ0) is 13.2. The van der Waals surface area contributed by atoms with Crippen LogP contribution < -0.4 is 11.1 Å². The Morgan fingerprint density at radius 3 is 2.56 bits per heavy atom. The zero-order valence-corrected chi connectivity index (χ0v) is 10.8. The molecule has 18 heavy (non-hydrogen) atoms. The highest BCUT2D eigenvalue weighted by molar-refractivity contribution is 7.91. The lowest BCUT2D eigenvalue weighted by Crippen LogP contribution is -2.53. The summed E-state index contributed by atoms with van der Waals surface area (Å²) in [4.78, 5) is 0. The standard InChI is InChI=1S/C12H17FN2O2S/c13-10-2-4-11(5-3-10)15-12(8-14)6-1-7-18(16,17)9-12/h2-5,15H,1,6-9,14H2. The molecule has 0 radical (unpaired) electrons. The summed E-state index contributed by atoms with van der Waals surface area (Å²) < 4.78 is 36.2. The van der Waals surface area contributed by atoms with Gasteiger partial charge >= 0.3 is 0 Å². The molecular formula is C12H17FN2O2S. The fraction of sp³-hybridized carbons (Fsp3) is 0.500. The highest BCUT2D eigenvalue weighted by Crippen LogP contribution is 2.26. The molecule has 1 aliphatic rings. The molecule has 0 aliphatic carbocycles. The predicted molar refractivity (Wildman–Crippen MR) is 69.7 cm³/mol. The Morgan fingerprint density at radius 1 is 1.33 bits per heavy atom. The van der Waals surface area contributed by atoms with E-state index in [0.29, 0.717) is 18.5 Å². The first-order valence-electron chi connectivity index (χ1n) is 5.89. The first-order chi connectivity index (χ1) is 8.45. The van der Waals surface area contributed by atoms with Crippen molar-refractivity contribution in [3.63, 3.8) is 0 Å². The van der Waals surface area contributed by atoms with E-state index in [1.165, 1.54) is 12.1 Å². The third-order valence-electron chi connectivity index (χ3n) is 3.25. The summed E-state index contributed by atoms with van der Waals surface area (Å²) in [5.74, 6) is -0.0631. The molecule has 1 fully saturated rings. The van der Waals surface area contributed by atoms with Crippen LogP contribution in [0.4, 0.5) is 10.1 Å². The molecule has 1 saturated heterocycles. The number of rotatable bonds is 3. The summed E-state index contributed by atoms with van der Waals surface area (Å²) in [5, 5.41) is 3.16. The average molecular weight is 272 g/mol. The first kappa shape index (κ1) is 13.3. The Bertz CT molecular complexity index is 515. The summed E-state index contributed by atoms with van der Waals surface area (Å²) >= 11 is 0. The van der Waals surface area contributed by atoms with E-state index in [-0.39, 0.29) is 23.9 Å². The molecule has 0 spiro atoms. The van der Waals surface area contributed by atoms with Gasteiger partial charge in [-0.25, -0.2) is 12.8 Å². The van der Waals surface area contributed by atoms with Gasteiger partial charge in [0.05, 0.1) is 17.0 Å². The van der Waals surface area contributed by atoms with Gasteiger partial charge in [0.2, 0.25) is 0 Å². The number of sulfone groups is 1. The van der Waals surface area contributed by atoms with Crippen molar-refractivity contribution in [3.8, 4) is 0 Å². The molecular weight excluding hydrogens is 255 g/mol. The number of benzene rings is 1. The largest absolute Gasteiger partial charge is 0.377 e. The maximum Gasteiger partial charge on any atom is 0.152 e. The first-order valence-corrected chi connectivity index (χ1v) is 7.71. The number of nitrogens with two attached hydrogens (primary N) is 1. The fourth-order valence-electron chi connectivity index (χ4n) is 2.35. The van der Waals surface area contributed by atoms with Crippen LogP contribution in [0.25, 0.3) is 0 Å². The zero-order valence-electron chi connectivity index (χ0n) is 10.0. The van der Waals surface area contributed by atoms with Crippen LogP contribution in [0.2, 0.25) is 0 Å². The highest BCUT2D eigenvalue weighted by atomic mass is 32.2. The molecule has 4 nitrogen and oxygen atoms in total. The minimum Gasteiger partial charge on any atom is -0.377 e. The van der Waals surface area contributed by atoms with Crippen molar-refractivity contribution in [1.29, 1.82) is 0 Å². The Kier molecular flexibility index (Phi) is 3.59. The predicted octanol–water partition coefficient (Wildman–Crippen LogP) is 1.14. The number of hydrogen-bond donors (Lipinski definition) is 2. The van der Waals surface area contributed by atoms with Crippen LogP contribution in [0, 0.1) is 5.82 Å². The number of nitrogens with one attached hydrogen (secondary N) is 1. The van der Waals surface area contributed by atoms with E-state index in [1.807, 2.05) is 0 Å². The minimum absolute atomic E-state index is 0.0356. The highest BCUT2D eigenvalue weighted by Gasteiger charge is 2.37. The molecule has 3 N–H and O–H groups in total. The third kappa shape index (κ3) is 3.00. The SMILES string of the molecule is NCC1(Nc2ccc(F)cc2)CCCS(=O)(=O)C1. The molecule has 1 atom stereocenters. The number of halogens is 1. The van der Waals surface area contributed by atoms with Gasteiger partial charge < -0.3 is 11.1 Å². The van der Waals surface area contributed by atoms with E-state index in [0.717, 1.165) is 0 Å². The molecule has 0 bridgehead atoms. The second kappa shape index (κ2) is 4.85. The summed E-state index contributed by atoms with van der Waals surface area (Å²) in [6.45, 7) is 0.240. The smallest absolute Gasteiger partial charge is 0.152 e. The molecule has 0 aromatic heterocycles. The molecule has 1 aliphatic heterocycles. The van der Waals surface area contributed by atoms with E-state index in [2.05, 4.69) is 5.32 Å². The van der Waals surface area contributed by atoms with Crippen LogP contribution in [-0.2, 0) is 9.84 Å². The van der Waals surface area contributed by atoms with Gasteiger partial charge in [0.1, 0.15) is 5.82 Å². The van der Waals surface area contributed by atoms with Gasteiger partial charge in [-0.1, -0.05) is 0 Å². The third-order valence-corrected chi connectivity index (χ3v) is 5.15. The molecule has 1 unspecified atom stereocenters. The van der Waals surface area contributed by atoms with Gasteiger partial charge in [-0.05, 0) is 37.1 Å². The van der Waals surface area contributed by atoms with Gasteiger partial charge in [-0.15, -0.1) is 0 Å². The molecule has 1 aromatic carbocycles. The topological polar surface area (TPSA) is 72.2 Å². The van der Waals surface area contributed by atoms with E-state index in [9.17, 15) is 12.8 Å². The maximum absolute atomic E-state index is 12.8. The second-order valence-corrected chi connectivity index (χ2v) is 7.00. The van der Waals surface area contributed by atoms with Crippen LogP contribution >= 0.6 is 0 Å². The van der Waals surface area contributed by atoms with Gasteiger partial charge in [0.15, 0.2) is 9.84 Å². The average Bonchev–Trinajstić information content (AvgIpc) is 2.31. The lowest BCUT2D eigenvalue weighted by Gasteiger charge is -2.37. The van der Waals surface area contributed by atoms with Crippen LogP contribution in [-0.4, -0.2) is 32.0 Å². The summed E-state index contributed by atoms with van der Waals surface area (Å²) in [6, 6.07) is 5.86. The van der Waals surface area contributed by atoms with Gasteiger partial charge in [-0.2, -0.15) is 0 Å². The summed E-state index contributed by atoms with van der Waals surface area (Å²) in [6.07, 6.45) is 1.31. The fourth-order valence-corrected chi connectivity index (χ4v) is 4.25. The Hall–Kier alpha value is -1.14. The van der Waals surface area contributed by atoms with Gasteiger partial charge in [-0.3, -0.25) is 0 Å². The second-order valence-electron chi connectivity index (χ2n) is 4.81. The monoisotopic (exact) mass is 272 g/mol. The molecule has 0 saturated carbocycles. The normalized spacial score (nSPS) is 26.8. The minimum atomic E-state index is -3.05. The van der Waals surface area contributed by atoms with Crippen molar-refractivity contribution in [2.75, 3.05) is 23.4 Å². The van der Waals surface area contributed by atoms with Gasteiger partial charge in [0, 0.05) is 12.2 Å². The van der Waals surface area contributed by atoms with E-state index in [4.69, 9.17) is 5.73 Å². The molecule has 2 rings (SSSR count). The molecule has 0 amide bonds. The van der Waals surface area contributed by atoms with Crippen molar-refractivity contribution in [2.24, 2.45) is 5.73 Å². The Morgan fingerprint density at radius 2 is 2.00 bits per heavy atom. The maximum atomic E-state index is 12.8. The van der Waals surface area contributed by atoms with E-state index in [1.54, 1.807) is 12.1 Å².